The number of rotatable bonds is 6. The molecule has 0 aliphatic heterocycles. The van der Waals surface area contributed by atoms with E-state index in [0.717, 1.165) is 11.5 Å². The van der Waals surface area contributed by atoms with Gasteiger partial charge in [-0.2, -0.15) is 0 Å². The maximum Gasteiger partial charge on any atom is 0.176 e. The minimum Gasteiger partial charge on any atom is -0.384 e. The number of halogens is 2. The fraction of sp³-hybridized carbons (Fsp3) is 0.385. The molecule has 1 heterocycles. The minimum absolute atomic E-state index is 0.345. The molecular formula is C13H15Cl2N3O2. The average Bonchev–Trinajstić information content (AvgIpc) is 2.79. The van der Waals surface area contributed by atoms with Crippen LogP contribution in [0.2, 0.25) is 10.0 Å². The van der Waals surface area contributed by atoms with E-state index in [0.29, 0.717) is 35.5 Å². The Morgan fingerprint density at radius 2 is 2.00 bits per heavy atom. The van der Waals surface area contributed by atoms with E-state index in [9.17, 15) is 0 Å². The van der Waals surface area contributed by atoms with E-state index in [1.54, 1.807) is 31.0 Å². The van der Waals surface area contributed by atoms with Crippen molar-refractivity contribution in [3.63, 3.8) is 0 Å². The Morgan fingerprint density at radius 1 is 1.20 bits per heavy atom. The Morgan fingerprint density at radius 3 is 2.65 bits per heavy atom. The number of hydrogen-bond acceptors (Lipinski definition) is 4. The molecule has 0 amide bonds. The molecular weight excluding hydrogens is 301 g/mol. The molecule has 0 bridgehead atoms. The monoisotopic (exact) mass is 315 g/mol. The lowest BCUT2D eigenvalue weighted by Gasteiger charge is -2.07. The van der Waals surface area contributed by atoms with Crippen LogP contribution in [-0.2, 0) is 22.5 Å². The van der Waals surface area contributed by atoms with Gasteiger partial charge < -0.3 is 9.47 Å². The maximum atomic E-state index is 6.22. The van der Waals surface area contributed by atoms with E-state index < -0.39 is 0 Å². The zero-order valence-electron chi connectivity index (χ0n) is 11.3. The summed E-state index contributed by atoms with van der Waals surface area (Å²) in [5.41, 5.74) is 0.733. The summed E-state index contributed by atoms with van der Waals surface area (Å²) in [5, 5.41) is 5.51. The SMILES string of the molecule is COCCc1nc(COC)nn1-c1ccc(Cl)cc1Cl. The molecule has 0 saturated heterocycles. The summed E-state index contributed by atoms with van der Waals surface area (Å²) in [7, 11) is 3.25. The third kappa shape index (κ3) is 3.49. The third-order valence-corrected chi connectivity index (χ3v) is 3.20. The van der Waals surface area contributed by atoms with Crippen molar-refractivity contribution in [3.8, 4) is 5.69 Å². The smallest absolute Gasteiger partial charge is 0.176 e. The molecule has 108 valence electrons. The van der Waals surface area contributed by atoms with Crippen molar-refractivity contribution in [2.24, 2.45) is 0 Å². The van der Waals surface area contributed by atoms with Gasteiger partial charge in [-0.25, -0.2) is 9.67 Å². The number of methoxy groups -OCH3 is 2. The molecule has 0 aliphatic rings. The Bertz CT molecular complexity index is 587. The molecule has 0 N–H and O–H groups in total. The second-order valence-electron chi connectivity index (χ2n) is 4.13. The molecule has 0 saturated carbocycles. The summed E-state index contributed by atoms with van der Waals surface area (Å²) in [4.78, 5) is 4.43. The highest BCUT2D eigenvalue weighted by atomic mass is 35.5. The summed E-state index contributed by atoms with van der Waals surface area (Å²) in [6.45, 7) is 0.897. The van der Waals surface area contributed by atoms with Crippen LogP contribution in [0.3, 0.4) is 0 Å². The van der Waals surface area contributed by atoms with Crippen LogP contribution in [0.1, 0.15) is 11.6 Å². The summed E-state index contributed by atoms with van der Waals surface area (Å²) in [6.07, 6.45) is 0.631. The van der Waals surface area contributed by atoms with Crippen molar-refractivity contribution in [1.82, 2.24) is 14.8 Å². The highest BCUT2D eigenvalue weighted by Crippen LogP contribution is 2.25. The van der Waals surface area contributed by atoms with Gasteiger partial charge in [-0.1, -0.05) is 23.2 Å². The Labute approximate surface area is 127 Å². The van der Waals surface area contributed by atoms with Gasteiger partial charge in [-0.05, 0) is 18.2 Å². The summed E-state index contributed by atoms with van der Waals surface area (Å²) < 4.78 is 11.9. The van der Waals surface area contributed by atoms with Crippen molar-refractivity contribution in [2.75, 3.05) is 20.8 Å². The Balaban J connectivity index is 2.41. The van der Waals surface area contributed by atoms with Gasteiger partial charge >= 0.3 is 0 Å². The van der Waals surface area contributed by atoms with Crippen LogP contribution in [-0.4, -0.2) is 35.6 Å². The molecule has 0 radical (unpaired) electrons. The zero-order valence-corrected chi connectivity index (χ0v) is 12.8. The van der Waals surface area contributed by atoms with Gasteiger partial charge in [0.1, 0.15) is 12.4 Å². The number of hydrogen-bond donors (Lipinski definition) is 0. The molecule has 2 rings (SSSR count). The van der Waals surface area contributed by atoms with E-state index in [1.165, 1.54) is 0 Å². The number of ether oxygens (including phenoxy) is 2. The van der Waals surface area contributed by atoms with E-state index >= 15 is 0 Å². The molecule has 0 spiro atoms. The molecule has 2 aromatic rings. The van der Waals surface area contributed by atoms with Gasteiger partial charge in [0.05, 0.1) is 17.3 Å². The van der Waals surface area contributed by atoms with Crippen molar-refractivity contribution in [1.29, 1.82) is 0 Å². The van der Waals surface area contributed by atoms with Crippen molar-refractivity contribution in [3.05, 3.63) is 39.9 Å². The molecule has 5 nitrogen and oxygen atoms in total. The van der Waals surface area contributed by atoms with E-state index in [-0.39, 0.29) is 0 Å². The first-order valence-corrected chi connectivity index (χ1v) is 6.79. The van der Waals surface area contributed by atoms with E-state index in [2.05, 4.69) is 10.1 Å². The van der Waals surface area contributed by atoms with E-state index in [4.69, 9.17) is 32.7 Å². The van der Waals surface area contributed by atoms with Crippen molar-refractivity contribution >= 4 is 23.2 Å². The lowest BCUT2D eigenvalue weighted by molar-refractivity contribution is 0.177. The van der Waals surface area contributed by atoms with Gasteiger partial charge in [0.2, 0.25) is 0 Å². The van der Waals surface area contributed by atoms with Gasteiger partial charge in [-0.3, -0.25) is 0 Å². The zero-order chi connectivity index (χ0) is 14.5. The Hall–Kier alpha value is -1.14. The lowest BCUT2D eigenvalue weighted by Crippen LogP contribution is -2.06. The van der Waals surface area contributed by atoms with E-state index in [1.807, 2.05) is 6.07 Å². The molecule has 0 unspecified atom stereocenters. The van der Waals surface area contributed by atoms with Crippen LogP contribution in [0, 0.1) is 0 Å². The quantitative estimate of drug-likeness (QED) is 0.822. The fourth-order valence-corrected chi connectivity index (χ4v) is 2.27. The molecule has 1 aromatic heterocycles. The highest BCUT2D eigenvalue weighted by molar-refractivity contribution is 6.35. The van der Waals surface area contributed by atoms with Crippen LogP contribution in [0.25, 0.3) is 5.69 Å². The van der Waals surface area contributed by atoms with Crippen LogP contribution >= 0.6 is 23.2 Å². The van der Waals surface area contributed by atoms with Crippen LogP contribution in [0.15, 0.2) is 18.2 Å². The summed E-state index contributed by atoms with van der Waals surface area (Å²) in [5.74, 6) is 1.37. The highest BCUT2D eigenvalue weighted by Gasteiger charge is 2.14. The largest absolute Gasteiger partial charge is 0.384 e. The van der Waals surface area contributed by atoms with Crippen molar-refractivity contribution < 1.29 is 9.47 Å². The topological polar surface area (TPSA) is 49.2 Å². The molecule has 1 aromatic carbocycles. The molecule has 0 fully saturated rings. The van der Waals surface area contributed by atoms with Crippen LogP contribution in [0.4, 0.5) is 0 Å². The maximum absolute atomic E-state index is 6.22. The second kappa shape index (κ2) is 7.04. The van der Waals surface area contributed by atoms with Crippen LogP contribution < -0.4 is 0 Å². The predicted molar refractivity (Wildman–Crippen MR) is 77.7 cm³/mol. The average molecular weight is 316 g/mol. The first-order valence-electron chi connectivity index (χ1n) is 6.03. The van der Waals surface area contributed by atoms with Gasteiger partial charge in [0, 0.05) is 25.7 Å². The lowest BCUT2D eigenvalue weighted by atomic mass is 10.3. The predicted octanol–water partition coefficient (Wildman–Crippen LogP) is 2.91. The fourth-order valence-electron chi connectivity index (χ4n) is 1.78. The van der Waals surface area contributed by atoms with Gasteiger partial charge in [0.25, 0.3) is 0 Å². The molecule has 0 atom stereocenters. The normalized spacial score (nSPS) is 11.0. The van der Waals surface area contributed by atoms with Crippen LogP contribution in [0.5, 0.6) is 0 Å². The van der Waals surface area contributed by atoms with Gasteiger partial charge in [-0.15, -0.1) is 5.10 Å². The number of aromatic nitrogens is 3. The summed E-state index contributed by atoms with van der Waals surface area (Å²) >= 11 is 12.1. The van der Waals surface area contributed by atoms with Crippen molar-refractivity contribution in [2.45, 2.75) is 13.0 Å². The first kappa shape index (κ1) is 15.3. The molecule has 0 aliphatic carbocycles. The Kier molecular flexibility index (Phi) is 5.37. The molecule has 7 heteroatoms. The minimum atomic E-state index is 0.345. The summed E-state index contributed by atoms with van der Waals surface area (Å²) in [6, 6.07) is 5.25. The second-order valence-corrected chi connectivity index (χ2v) is 4.97. The molecule has 20 heavy (non-hydrogen) atoms. The number of nitrogens with zero attached hydrogens (tertiary/aromatic N) is 3. The standard InChI is InChI=1S/C13H15Cl2N3O2/c1-19-6-5-13-16-12(8-20-2)17-18(13)11-4-3-9(14)7-10(11)15/h3-4,7H,5-6,8H2,1-2H3. The third-order valence-electron chi connectivity index (χ3n) is 2.66. The number of benzene rings is 1. The van der Waals surface area contributed by atoms with Gasteiger partial charge in [0.15, 0.2) is 5.82 Å². The first-order chi connectivity index (χ1) is 9.65.